The molecule has 46 heavy (non-hydrogen) atoms. The van der Waals surface area contributed by atoms with Gasteiger partial charge in [-0.05, 0) is 69.0 Å². The molecule has 0 aliphatic carbocycles. The lowest BCUT2D eigenvalue weighted by atomic mass is 9.92. The van der Waals surface area contributed by atoms with Crippen LogP contribution in [-0.2, 0) is 17.6 Å². The van der Waals surface area contributed by atoms with Crippen molar-refractivity contribution >= 4 is 5.91 Å². The number of aliphatic hydroxyl groups excluding tert-OH is 2. The predicted molar refractivity (Wildman–Crippen MR) is 198 cm³/mol. The van der Waals surface area contributed by atoms with Crippen LogP contribution in [0.4, 0.5) is 0 Å². The summed E-state index contributed by atoms with van der Waals surface area (Å²) in [5.74, 6) is 0.454. The van der Waals surface area contributed by atoms with Gasteiger partial charge in [0.25, 0.3) is 0 Å². The van der Waals surface area contributed by atoms with Crippen LogP contribution in [0.1, 0.15) is 180 Å². The van der Waals surface area contributed by atoms with E-state index in [2.05, 4.69) is 55.7 Å². The molecule has 0 saturated heterocycles. The molecule has 0 heterocycles. The molecule has 0 aliphatic heterocycles. The highest BCUT2D eigenvalue weighted by Gasteiger charge is 2.27. The fourth-order valence-corrected chi connectivity index (χ4v) is 6.48. The van der Waals surface area contributed by atoms with E-state index in [4.69, 9.17) is 0 Å². The third-order valence-corrected chi connectivity index (χ3v) is 9.93. The number of unbranched alkanes of at least 4 members (excludes halogenated alkanes) is 16. The van der Waals surface area contributed by atoms with Gasteiger partial charge in [0.15, 0.2) is 0 Å². The van der Waals surface area contributed by atoms with E-state index in [9.17, 15) is 15.0 Å². The summed E-state index contributed by atoms with van der Waals surface area (Å²) in [5, 5.41) is 27.1. The number of hydrogen-bond donors (Lipinski definition) is 4. The molecule has 4 N–H and O–H groups in total. The Morgan fingerprint density at radius 3 is 1.57 bits per heavy atom. The molecule has 1 atom stereocenters. The summed E-state index contributed by atoms with van der Waals surface area (Å²) in [5.41, 5.74) is 2.02. The molecular weight excluding hydrogens is 568 g/mol. The molecule has 0 fully saturated rings. The van der Waals surface area contributed by atoms with Crippen molar-refractivity contribution < 1.29 is 15.0 Å². The number of carbonyl (C=O) groups is 1. The fourth-order valence-electron chi connectivity index (χ4n) is 6.48. The van der Waals surface area contributed by atoms with Gasteiger partial charge in [0, 0.05) is 12.5 Å². The molecule has 1 aromatic rings. The Bertz CT molecular complexity index is 808. The minimum Gasteiger partial charge on any atom is -0.394 e. The van der Waals surface area contributed by atoms with Crippen molar-refractivity contribution in [2.75, 3.05) is 26.3 Å². The molecule has 1 unspecified atom stereocenters. The Balaban J connectivity index is 2.28. The molecule has 0 spiro atoms. The molecule has 1 rings (SSSR count). The van der Waals surface area contributed by atoms with Crippen molar-refractivity contribution in [1.82, 2.24) is 10.6 Å². The van der Waals surface area contributed by atoms with E-state index in [-0.39, 0.29) is 25.0 Å². The number of carbonyl (C=O) groups excluding carboxylic acids is 1. The molecule has 0 radical (unpaired) electrons. The molecular formula is C41H76N2O3. The van der Waals surface area contributed by atoms with Gasteiger partial charge in [0.05, 0.1) is 18.8 Å². The third-order valence-electron chi connectivity index (χ3n) is 9.93. The van der Waals surface area contributed by atoms with E-state index in [1.54, 1.807) is 0 Å². The Labute approximate surface area is 285 Å². The van der Waals surface area contributed by atoms with E-state index in [1.165, 1.54) is 114 Å². The van der Waals surface area contributed by atoms with E-state index in [1.807, 2.05) is 0 Å². The molecule has 0 saturated carbocycles. The average Bonchev–Trinajstić information content (AvgIpc) is 3.08. The van der Waals surface area contributed by atoms with Crippen LogP contribution in [-0.4, -0.2) is 48.0 Å². The zero-order chi connectivity index (χ0) is 33.6. The van der Waals surface area contributed by atoms with Crippen molar-refractivity contribution in [2.45, 2.75) is 187 Å². The maximum atomic E-state index is 13.0. The van der Waals surface area contributed by atoms with Gasteiger partial charge in [-0.2, -0.15) is 0 Å². The fraction of sp³-hybridized carbons (Fsp3) is 0.829. The Hall–Kier alpha value is -1.43. The zero-order valence-corrected chi connectivity index (χ0v) is 30.7. The van der Waals surface area contributed by atoms with E-state index >= 15 is 0 Å². The Morgan fingerprint density at radius 1 is 0.587 bits per heavy atom. The van der Waals surface area contributed by atoms with Gasteiger partial charge in [0.2, 0.25) is 5.91 Å². The van der Waals surface area contributed by atoms with Crippen LogP contribution in [0, 0.1) is 5.92 Å². The van der Waals surface area contributed by atoms with E-state index in [0.717, 1.165) is 64.5 Å². The van der Waals surface area contributed by atoms with Crippen LogP contribution < -0.4 is 10.6 Å². The summed E-state index contributed by atoms with van der Waals surface area (Å²) in [6, 6.07) is 8.93. The Kier molecular flexibility index (Phi) is 27.5. The summed E-state index contributed by atoms with van der Waals surface area (Å²) < 4.78 is 0. The average molecular weight is 645 g/mol. The number of aliphatic hydroxyl groups is 2. The molecule has 1 amide bonds. The van der Waals surface area contributed by atoms with Gasteiger partial charge in [-0.1, -0.05) is 154 Å². The van der Waals surface area contributed by atoms with Crippen LogP contribution in [0.5, 0.6) is 0 Å². The van der Waals surface area contributed by atoms with Crippen LogP contribution in [0.25, 0.3) is 0 Å². The highest BCUT2D eigenvalue weighted by Crippen LogP contribution is 2.20. The van der Waals surface area contributed by atoms with Crippen molar-refractivity contribution in [3.05, 3.63) is 35.4 Å². The summed E-state index contributed by atoms with van der Waals surface area (Å²) in [6.07, 6.45) is 29.5. The maximum absolute atomic E-state index is 13.0. The van der Waals surface area contributed by atoms with Gasteiger partial charge >= 0.3 is 0 Å². The minimum atomic E-state index is -0.646. The summed E-state index contributed by atoms with van der Waals surface area (Å²) in [4.78, 5) is 13.0. The van der Waals surface area contributed by atoms with Crippen molar-refractivity contribution in [1.29, 1.82) is 0 Å². The highest BCUT2D eigenvalue weighted by molar-refractivity contribution is 5.78. The number of benzene rings is 1. The first-order chi connectivity index (χ1) is 22.5. The number of amides is 1. The molecule has 0 aromatic heterocycles. The molecule has 5 heteroatoms. The topological polar surface area (TPSA) is 81.6 Å². The molecule has 0 bridgehead atoms. The maximum Gasteiger partial charge on any atom is 0.223 e. The Morgan fingerprint density at radius 2 is 1.02 bits per heavy atom. The number of nitrogens with one attached hydrogen (secondary N) is 2. The second kappa shape index (κ2) is 29.7. The van der Waals surface area contributed by atoms with Gasteiger partial charge in [-0.25, -0.2) is 0 Å². The monoisotopic (exact) mass is 645 g/mol. The minimum absolute atomic E-state index is 0.0655. The van der Waals surface area contributed by atoms with Gasteiger partial charge in [-0.15, -0.1) is 0 Å². The van der Waals surface area contributed by atoms with E-state index in [0.29, 0.717) is 6.42 Å². The zero-order valence-electron chi connectivity index (χ0n) is 30.7. The lowest BCUT2D eigenvalue weighted by Gasteiger charge is -2.31. The number of rotatable bonds is 33. The summed E-state index contributed by atoms with van der Waals surface area (Å²) >= 11 is 0. The molecule has 5 nitrogen and oxygen atoms in total. The number of hydrogen-bond acceptors (Lipinski definition) is 4. The second-order valence-electron chi connectivity index (χ2n) is 14.2. The first-order valence-electron chi connectivity index (χ1n) is 19.9. The third kappa shape index (κ3) is 21.4. The van der Waals surface area contributed by atoms with Crippen molar-refractivity contribution in [3.8, 4) is 0 Å². The largest absolute Gasteiger partial charge is 0.394 e. The second-order valence-corrected chi connectivity index (χ2v) is 14.2. The van der Waals surface area contributed by atoms with Crippen LogP contribution in [0.2, 0.25) is 0 Å². The van der Waals surface area contributed by atoms with Crippen molar-refractivity contribution in [2.24, 2.45) is 5.92 Å². The van der Waals surface area contributed by atoms with Crippen LogP contribution >= 0.6 is 0 Å². The van der Waals surface area contributed by atoms with Gasteiger partial charge in [-0.3, -0.25) is 4.79 Å². The van der Waals surface area contributed by atoms with Crippen LogP contribution in [0.15, 0.2) is 24.3 Å². The molecule has 0 aliphatic rings. The molecule has 1 aromatic carbocycles. The lowest BCUT2D eigenvalue weighted by molar-refractivity contribution is -0.125. The first-order valence-corrected chi connectivity index (χ1v) is 19.9. The van der Waals surface area contributed by atoms with Crippen LogP contribution in [0.3, 0.4) is 0 Å². The number of aryl methyl sites for hydroxylation is 2. The first kappa shape index (κ1) is 42.6. The van der Waals surface area contributed by atoms with E-state index < -0.39 is 5.54 Å². The normalized spacial score (nSPS) is 12.5. The highest BCUT2D eigenvalue weighted by atomic mass is 16.3. The lowest BCUT2D eigenvalue weighted by Crippen LogP contribution is -2.52. The summed E-state index contributed by atoms with van der Waals surface area (Å²) in [6.45, 7) is 8.17. The van der Waals surface area contributed by atoms with Gasteiger partial charge in [0.1, 0.15) is 0 Å². The standard InChI is InChI=1S/C41H76N2O3/c1-4-7-10-13-15-19-24-37-27-29-38(30-28-37)31-32-41(35-44,36-45)43-34-23-18-17-22-33-42-40(46)39(25-20-12-9-6-3)26-21-16-14-11-8-5-2/h27-30,39,43-45H,4-26,31-36H2,1-3H3,(H,42,46). The smallest absolute Gasteiger partial charge is 0.223 e. The SMILES string of the molecule is CCCCCCCCc1ccc(CCC(CO)(CO)NCCCCCCNC(=O)C(CCCCCC)CCCCCCCC)cc1. The molecule has 268 valence electrons. The quantitative estimate of drug-likeness (QED) is 0.0574. The van der Waals surface area contributed by atoms with Gasteiger partial charge < -0.3 is 20.8 Å². The summed E-state index contributed by atoms with van der Waals surface area (Å²) in [7, 11) is 0. The van der Waals surface area contributed by atoms with Crippen molar-refractivity contribution in [3.63, 3.8) is 0 Å². The predicted octanol–water partition coefficient (Wildman–Crippen LogP) is 9.85.